The summed E-state index contributed by atoms with van der Waals surface area (Å²) in [4.78, 5) is 15.1. The van der Waals surface area contributed by atoms with Crippen LogP contribution in [-0.2, 0) is 0 Å². The van der Waals surface area contributed by atoms with E-state index in [0.717, 1.165) is 77.2 Å². The molecule has 0 fully saturated rings. The average molecular weight is 741 g/mol. The quantitative estimate of drug-likeness (QED) is 0.176. The van der Waals surface area contributed by atoms with Crippen molar-refractivity contribution >= 4 is 65.3 Å². The lowest BCUT2D eigenvalue weighted by Crippen LogP contribution is -2.00. The first-order chi connectivity index (χ1) is 28.7. The Labute approximate surface area is 333 Å². The zero-order chi connectivity index (χ0) is 38.2. The molecule has 12 aromatic rings. The molecule has 0 spiro atoms. The smallest absolute Gasteiger partial charge is 0.164 e. The van der Waals surface area contributed by atoms with E-state index in [4.69, 9.17) is 19.4 Å². The lowest BCUT2D eigenvalue weighted by molar-refractivity contribution is 0.667. The summed E-state index contributed by atoms with van der Waals surface area (Å²) in [6.07, 6.45) is 0. The van der Waals surface area contributed by atoms with E-state index in [1.165, 1.54) is 21.5 Å². The minimum atomic E-state index is 0.581. The lowest BCUT2D eigenvalue weighted by atomic mass is 10.0. The number of nitrogens with zero attached hydrogens (tertiary/aromatic N) is 4. The van der Waals surface area contributed by atoms with Gasteiger partial charge in [-0.3, -0.25) is 0 Å². The van der Waals surface area contributed by atoms with Gasteiger partial charge in [0.05, 0.1) is 16.7 Å². The third kappa shape index (κ3) is 5.14. The van der Waals surface area contributed by atoms with Gasteiger partial charge in [0.1, 0.15) is 5.58 Å². The summed E-state index contributed by atoms with van der Waals surface area (Å²) in [6, 6.07) is 68.0. The molecule has 270 valence electrons. The predicted octanol–water partition coefficient (Wildman–Crippen LogP) is 13.8. The second-order valence-corrected chi connectivity index (χ2v) is 14.8. The van der Waals surface area contributed by atoms with E-state index in [1.54, 1.807) is 0 Å². The number of hydrogen-bond donors (Lipinski definition) is 0. The molecule has 0 unspecified atom stereocenters. The monoisotopic (exact) mass is 740 g/mol. The molecule has 12 rings (SSSR count). The molecule has 9 aromatic carbocycles. The number of rotatable bonds is 5. The summed E-state index contributed by atoms with van der Waals surface area (Å²) in [5.74, 6) is 1.81. The van der Waals surface area contributed by atoms with Gasteiger partial charge in [0.2, 0.25) is 0 Å². The fourth-order valence-corrected chi connectivity index (χ4v) is 8.60. The molecule has 3 aromatic heterocycles. The van der Waals surface area contributed by atoms with Crippen LogP contribution in [0.3, 0.4) is 0 Å². The van der Waals surface area contributed by atoms with Crippen LogP contribution in [0.2, 0.25) is 0 Å². The molecule has 0 aliphatic heterocycles. The molecule has 0 amide bonds. The van der Waals surface area contributed by atoms with Gasteiger partial charge in [-0.25, -0.2) is 15.0 Å². The lowest BCUT2D eigenvalue weighted by Gasteiger charge is -2.13. The highest BCUT2D eigenvalue weighted by Gasteiger charge is 2.22. The molecule has 0 bridgehead atoms. The Hall–Kier alpha value is -7.89. The van der Waals surface area contributed by atoms with Crippen molar-refractivity contribution in [1.82, 2.24) is 19.5 Å². The van der Waals surface area contributed by atoms with Gasteiger partial charge in [-0.05, 0) is 63.7 Å². The number of aromatic nitrogens is 4. The maximum Gasteiger partial charge on any atom is 0.164 e. The number of benzene rings is 9. The zero-order valence-electron chi connectivity index (χ0n) is 31.2. The van der Waals surface area contributed by atoms with Crippen LogP contribution in [0.15, 0.2) is 199 Å². The summed E-state index contributed by atoms with van der Waals surface area (Å²) >= 11 is 0. The van der Waals surface area contributed by atoms with Gasteiger partial charge >= 0.3 is 0 Å². The van der Waals surface area contributed by atoms with Gasteiger partial charge < -0.3 is 8.98 Å². The third-order valence-electron chi connectivity index (χ3n) is 11.4. The molecule has 58 heavy (non-hydrogen) atoms. The zero-order valence-corrected chi connectivity index (χ0v) is 31.2. The standard InChI is InChI=1S/C53H32N4O/c1-3-13-33(14-4-1)34-23-25-36(26-24-34)52-54-51(35-15-5-2-6-16-35)55-53(56-52)40-27-28-43-45-30-39-19-9-10-20-41(39)49(50(45)58-48(43)32-40)57-46-22-12-11-21-42(46)44-29-37-17-7-8-18-38(37)31-47(44)57/h1-32H. The van der Waals surface area contributed by atoms with Gasteiger partial charge in [-0.1, -0.05) is 158 Å². The van der Waals surface area contributed by atoms with Crippen molar-refractivity contribution in [2.24, 2.45) is 0 Å². The van der Waals surface area contributed by atoms with Crippen molar-refractivity contribution in [2.75, 3.05) is 0 Å². The number of furan rings is 1. The average Bonchev–Trinajstić information content (AvgIpc) is 3.82. The normalized spacial score (nSPS) is 11.8. The molecule has 0 aliphatic carbocycles. The minimum absolute atomic E-state index is 0.581. The van der Waals surface area contributed by atoms with Crippen LogP contribution >= 0.6 is 0 Å². The predicted molar refractivity (Wildman–Crippen MR) is 238 cm³/mol. The molecule has 0 saturated carbocycles. The van der Waals surface area contributed by atoms with Crippen LogP contribution in [-0.4, -0.2) is 19.5 Å². The summed E-state index contributed by atoms with van der Waals surface area (Å²) < 4.78 is 9.46. The molecule has 0 N–H and O–H groups in total. The van der Waals surface area contributed by atoms with Crippen LogP contribution < -0.4 is 0 Å². The van der Waals surface area contributed by atoms with E-state index in [-0.39, 0.29) is 0 Å². The van der Waals surface area contributed by atoms with Gasteiger partial charge in [0.25, 0.3) is 0 Å². The number of hydrogen-bond acceptors (Lipinski definition) is 4. The Kier molecular flexibility index (Phi) is 7.16. The van der Waals surface area contributed by atoms with E-state index in [1.807, 2.05) is 36.4 Å². The van der Waals surface area contributed by atoms with Gasteiger partial charge in [-0.2, -0.15) is 0 Å². The van der Waals surface area contributed by atoms with Crippen molar-refractivity contribution < 1.29 is 4.42 Å². The largest absolute Gasteiger partial charge is 0.454 e. The summed E-state index contributed by atoms with van der Waals surface area (Å²) in [7, 11) is 0. The molecule has 0 atom stereocenters. The Balaban J connectivity index is 1.07. The van der Waals surface area contributed by atoms with Crippen molar-refractivity contribution in [3.05, 3.63) is 194 Å². The SMILES string of the molecule is c1ccc(-c2ccc(-c3nc(-c4ccccc4)nc(-c4ccc5c(c4)oc4c(-n6c7ccccc7c7cc8ccccc8cc76)c6ccccc6cc45)n3)cc2)cc1. The molecular weight excluding hydrogens is 709 g/mol. The van der Waals surface area contributed by atoms with Crippen LogP contribution in [0, 0.1) is 0 Å². The second kappa shape index (κ2) is 12.8. The van der Waals surface area contributed by atoms with Crippen LogP contribution in [0.1, 0.15) is 0 Å². The summed E-state index contributed by atoms with van der Waals surface area (Å²) in [6.45, 7) is 0. The first-order valence-corrected chi connectivity index (χ1v) is 19.5. The Morgan fingerprint density at radius 1 is 0.328 bits per heavy atom. The fourth-order valence-electron chi connectivity index (χ4n) is 8.60. The Morgan fingerprint density at radius 2 is 0.845 bits per heavy atom. The van der Waals surface area contributed by atoms with Crippen molar-refractivity contribution in [1.29, 1.82) is 0 Å². The number of para-hydroxylation sites is 1. The first-order valence-electron chi connectivity index (χ1n) is 19.5. The molecule has 0 radical (unpaired) electrons. The van der Waals surface area contributed by atoms with Crippen molar-refractivity contribution in [3.63, 3.8) is 0 Å². The highest BCUT2D eigenvalue weighted by Crippen LogP contribution is 2.43. The summed E-state index contributed by atoms with van der Waals surface area (Å²) in [5, 5.41) is 9.20. The van der Waals surface area contributed by atoms with E-state index in [9.17, 15) is 0 Å². The summed E-state index contributed by atoms with van der Waals surface area (Å²) in [5.41, 5.74) is 9.90. The van der Waals surface area contributed by atoms with Gasteiger partial charge in [0.15, 0.2) is 23.1 Å². The van der Waals surface area contributed by atoms with Gasteiger partial charge in [-0.15, -0.1) is 0 Å². The van der Waals surface area contributed by atoms with E-state index < -0.39 is 0 Å². The molecule has 0 aliphatic rings. The molecular formula is C53H32N4O. The number of fused-ring (bicyclic) bond motifs is 8. The van der Waals surface area contributed by atoms with E-state index in [2.05, 4.69) is 162 Å². The topological polar surface area (TPSA) is 56.7 Å². The van der Waals surface area contributed by atoms with Crippen LogP contribution in [0.25, 0.3) is 116 Å². The highest BCUT2D eigenvalue weighted by atomic mass is 16.3. The third-order valence-corrected chi connectivity index (χ3v) is 11.4. The van der Waals surface area contributed by atoms with E-state index in [0.29, 0.717) is 17.5 Å². The molecule has 5 heteroatoms. The molecule has 5 nitrogen and oxygen atoms in total. The maximum absolute atomic E-state index is 7.06. The fraction of sp³-hybridized carbons (Fsp3) is 0. The van der Waals surface area contributed by atoms with Crippen molar-refractivity contribution in [2.45, 2.75) is 0 Å². The van der Waals surface area contributed by atoms with E-state index >= 15 is 0 Å². The van der Waals surface area contributed by atoms with Crippen LogP contribution in [0.4, 0.5) is 0 Å². The molecule has 0 saturated heterocycles. The highest BCUT2D eigenvalue weighted by molar-refractivity contribution is 6.19. The minimum Gasteiger partial charge on any atom is -0.454 e. The maximum atomic E-state index is 7.06. The Morgan fingerprint density at radius 3 is 1.59 bits per heavy atom. The van der Waals surface area contributed by atoms with Crippen molar-refractivity contribution in [3.8, 4) is 51.0 Å². The first kappa shape index (κ1) is 32.4. The molecule has 3 heterocycles. The Bertz CT molecular complexity index is 3550. The van der Waals surface area contributed by atoms with Crippen LogP contribution in [0.5, 0.6) is 0 Å². The van der Waals surface area contributed by atoms with Gasteiger partial charge in [0, 0.05) is 43.6 Å². The second-order valence-electron chi connectivity index (χ2n) is 14.8.